The Morgan fingerprint density at radius 2 is 2.24 bits per heavy atom. The lowest BCUT2D eigenvalue weighted by atomic mass is 10.1. The molecule has 1 aromatic carbocycles. The lowest BCUT2D eigenvalue weighted by Crippen LogP contribution is -1.79. The Bertz CT molecular complexity index is 655. The van der Waals surface area contributed by atoms with Gasteiger partial charge in [-0.25, -0.2) is 0 Å². The summed E-state index contributed by atoms with van der Waals surface area (Å²) in [5, 5.41) is 7.27. The van der Waals surface area contributed by atoms with Crippen LogP contribution >= 0.6 is 23.1 Å². The molecule has 0 aliphatic carbocycles. The van der Waals surface area contributed by atoms with Crippen LogP contribution in [-0.4, -0.2) is 11.4 Å². The minimum atomic E-state index is 0.873. The standard InChI is InChI=1S/C13H11NOS2/c1-8-13-10(15-14-8)6-9(7-12(13)16-2)11-4-3-5-17-11/h3-7H,1-2H3. The van der Waals surface area contributed by atoms with Crippen LogP contribution in [0.1, 0.15) is 5.69 Å². The molecule has 2 aromatic heterocycles. The van der Waals surface area contributed by atoms with E-state index >= 15 is 0 Å². The summed E-state index contributed by atoms with van der Waals surface area (Å²) in [6, 6.07) is 8.47. The van der Waals surface area contributed by atoms with Gasteiger partial charge in [0.1, 0.15) is 0 Å². The minimum Gasteiger partial charge on any atom is -0.356 e. The smallest absolute Gasteiger partial charge is 0.168 e. The number of aryl methyl sites for hydroxylation is 1. The molecule has 17 heavy (non-hydrogen) atoms. The van der Waals surface area contributed by atoms with Gasteiger partial charge in [-0.3, -0.25) is 0 Å². The summed E-state index contributed by atoms with van der Waals surface area (Å²) in [5.41, 5.74) is 3.04. The number of hydrogen-bond donors (Lipinski definition) is 0. The highest BCUT2D eigenvalue weighted by Gasteiger charge is 2.12. The molecule has 3 aromatic rings. The maximum atomic E-state index is 5.37. The number of hydrogen-bond acceptors (Lipinski definition) is 4. The summed E-state index contributed by atoms with van der Waals surface area (Å²) >= 11 is 3.47. The molecule has 0 amide bonds. The zero-order valence-electron chi connectivity index (χ0n) is 9.56. The first kappa shape index (κ1) is 10.9. The second-order valence-corrected chi connectivity index (χ2v) is 5.59. The van der Waals surface area contributed by atoms with Crippen molar-refractivity contribution in [2.24, 2.45) is 0 Å². The van der Waals surface area contributed by atoms with E-state index < -0.39 is 0 Å². The fourth-order valence-corrected chi connectivity index (χ4v) is 3.34. The van der Waals surface area contributed by atoms with Crippen molar-refractivity contribution in [3.8, 4) is 10.4 Å². The third-order valence-electron chi connectivity index (χ3n) is 2.73. The predicted molar refractivity (Wildman–Crippen MR) is 73.8 cm³/mol. The van der Waals surface area contributed by atoms with Gasteiger partial charge in [-0.15, -0.1) is 23.1 Å². The van der Waals surface area contributed by atoms with Crippen molar-refractivity contribution in [3.63, 3.8) is 0 Å². The van der Waals surface area contributed by atoms with Crippen molar-refractivity contribution >= 4 is 34.1 Å². The van der Waals surface area contributed by atoms with Gasteiger partial charge in [-0.2, -0.15) is 0 Å². The van der Waals surface area contributed by atoms with Crippen LogP contribution in [0.4, 0.5) is 0 Å². The largest absolute Gasteiger partial charge is 0.356 e. The second-order valence-electron chi connectivity index (χ2n) is 3.80. The van der Waals surface area contributed by atoms with Crippen molar-refractivity contribution in [3.05, 3.63) is 35.3 Å². The van der Waals surface area contributed by atoms with E-state index in [0.29, 0.717) is 0 Å². The maximum Gasteiger partial charge on any atom is 0.168 e. The third kappa shape index (κ3) is 1.77. The monoisotopic (exact) mass is 261 g/mol. The first-order valence-corrected chi connectivity index (χ1v) is 7.38. The summed E-state index contributed by atoms with van der Waals surface area (Å²) in [4.78, 5) is 2.49. The average Bonchev–Trinajstić information content (AvgIpc) is 2.98. The normalized spacial score (nSPS) is 11.2. The van der Waals surface area contributed by atoms with Crippen LogP contribution in [-0.2, 0) is 0 Å². The van der Waals surface area contributed by atoms with Crippen molar-refractivity contribution in [1.82, 2.24) is 5.16 Å². The summed E-state index contributed by atoms with van der Waals surface area (Å²) in [6.45, 7) is 1.98. The topological polar surface area (TPSA) is 26.0 Å². The van der Waals surface area contributed by atoms with Crippen LogP contribution in [0.2, 0.25) is 0 Å². The van der Waals surface area contributed by atoms with Gasteiger partial charge < -0.3 is 4.52 Å². The zero-order chi connectivity index (χ0) is 11.8. The third-order valence-corrected chi connectivity index (χ3v) is 4.42. The fourth-order valence-electron chi connectivity index (χ4n) is 1.93. The molecule has 0 radical (unpaired) electrons. The van der Waals surface area contributed by atoms with E-state index in [1.807, 2.05) is 6.92 Å². The number of benzene rings is 1. The molecular formula is C13H11NOS2. The van der Waals surface area contributed by atoms with Crippen molar-refractivity contribution in [2.75, 3.05) is 6.26 Å². The quantitative estimate of drug-likeness (QED) is 0.631. The van der Waals surface area contributed by atoms with Crippen LogP contribution in [0, 0.1) is 6.92 Å². The number of thioether (sulfide) groups is 1. The van der Waals surface area contributed by atoms with Gasteiger partial charge in [-0.05, 0) is 42.3 Å². The van der Waals surface area contributed by atoms with Gasteiger partial charge >= 0.3 is 0 Å². The molecule has 0 saturated heterocycles. The lowest BCUT2D eigenvalue weighted by Gasteiger charge is -2.03. The van der Waals surface area contributed by atoms with E-state index in [-0.39, 0.29) is 0 Å². The number of aromatic nitrogens is 1. The molecule has 0 fully saturated rings. The highest BCUT2D eigenvalue weighted by molar-refractivity contribution is 7.98. The Morgan fingerprint density at radius 3 is 2.94 bits per heavy atom. The number of nitrogens with zero attached hydrogens (tertiary/aromatic N) is 1. The van der Waals surface area contributed by atoms with E-state index in [1.165, 1.54) is 15.3 Å². The Balaban J connectivity index is 2.29. The first-order chi connectivity index (χ1) is 8.29. The van der Waals surface area contributed by atoms with Crippen molar-refractivity contribution in [1.29, 1.82) is 0 Å². The summed E-state index contributed by atoms with van der Waals surface area (Å²) in [5.74, 6) is 0. The molecule has 0 saturated carbocycles. The van der Waals surface area contributed by atoms with Crippen LogP contribution in [0.15, 0.2) is 39.1 Å². The summed E-state index contributed by atoms with van der Waals surface area (Å²) < 4.78 is 5.37. The van der Waals surface area contributed by atoms with E-state index in [9.17, 15) is 0 Å². The molecule has 86 valence electrons. The molecule has 0 bridgehead atoms. The fraction of sp³-hybridized carbons (Fsp3) is 0.154. The molecule has 3 rings (SSSR count). The van der Waals surface area contributed by atoms with E-state index in [2.05, 4.69) is 41.1 Å². The number of fused-ring (bicyclic) bond motifs is 1. The summed E-state index contributed by atoms with van der Waals surface area (Å²) in [7, 11) is 0. The SMILES string of the molecule is CSc1cc(-c2cccs2)cc2onc(C)c12. The Hall–Kier alpha value is -1.26. The van der Waals surface area contributed by atoms with Gasteiger partial charge in [0.05, 0.1) is 11.1 Å². The molecule has 2 heterocycles. The molecule has 0 spiro atoms. The van der Waals surface area contributed by atoms with Gasteiger partial charge in [-0.1, -0.05) is 11.2 Å². The van der Waals surface area contributed by atoms with Gasteiger partial charge in [0.2, 0.25) is 0 Å². The number of thiophene rings is 1. The van der Waals surface area contributed by atoms with Gasteiger partial charge in [0.15, 0.2) is 5.58 Å². The molecule has 2 nitrogen and oxygen atoms in total. The second kappa shape index (κ2) is 4.20. The molecule has 0 aliphatic rings. The van der Waals surface area contributed by atoms with Crippen LogP contribution < -0.4 is 0 Å². The minimum absolute atomic E-state index is 0.873. The highest BCUT2D eigenvalue weighted by atomic mass is 32.2. The highest BCUT2D eigenvalue weighted by Crippen LogP contribution is 2.35. The van der Waals surface area contributed by atoms with Crippen LogP contribution in [0.25, 0.3) is 21.4 Å². The molecule has 0 aliphatic heterocycles. The number of rotatable bonds is 2. The average molecular weight is 261 g/mol. The molecule has 0 atom stereocenters. The Kier molecular flexibility index (Phi) is 2.68. The first-order valence-electron chi connectivity index (χ1n) is 5.27. The van der Waals surface area contributed by atoms with Crippen LogP contribution in [0.3, 0.4) is 0 Å². The van der Waals surface area contributed by atoms with Crippen molar-refractivity contribution < 1.29 is 4.52 Å². The van der Waals surface area contributed by atoms with Gasteiger partial charge in [0.25, 0.3) is 0 Å². The van der Waals surface area contributed by atoms with Crippen LogP contribution in [0.5, 0.6) is 0 Å². The van der Waals surface area contributed by atoms with Crippen molar-refractivity contribution in [2.45, 2.75) is 11.8 Å². The maximum absolute atomic E-state index is 5.37. The molecular weight excluding hydrogens is 250 g/mol. The lowest BCUT2D eigenvalue weighted by molar-refractivity contribution is 0.450. The van der Waals surface area contributed by atoms with Gasteiger partial charge in [0, 0.05) is 9.77 Å². The molecule has 0 N–H and O–H groups in total. The van der Waals surface area contributed by atoms with E-state index in [0.717, 1.165) is 16.7 Å². The van der Waals surface area contributed by atoms with E-state index in [4.69, 9.17) is 4.52 Å². The van der Waals surface area contributed by atoms with E-state index in [1.54, 1.807) is 23.1 Å². The Morgan fingerprint density at radius 1 is 1.35 bits per heavy atom. The zero-order valence-corrected chi connectivity index (χ0v) is 11.2. The summed E-state index contributed by atoms with van der Waals surface area (Å²) in [6.07, 6.45) is 2.08. The predicted octanol–water partition coefficient (Wildman–Crippen LogP) is 4.59. The molecule has 4 heteroatoms. The Labute approximate surface area is 108 Å². The molecule has 0 unspecified atom stereocenters.